The molecule has 0 aromatic rings. The van der Waals surface area contributed by atoms with Crippen molar-refractivity contribution in [2.24, 2.45) is 0 Å². The van der Waals surface area contributed by atoms with Gasteiger partial charge in [0, 0.05) is 0 Å². The molecule has 0 saturated heterocycles. The Morgan fingerprint density at radius 1 is 1.00 bits per heavy atom. The SMILES string of the molecule is FOCCOF. The first-order valence-corrected chi connectivity index (χ1v) is 1.39. The normalized spacial score (nSPS) is 9.00. The smallest absolute Gasteiger partial charge is 0.114 e. The Labute approximate surface area is 33.5 Å². The maximum absolute atomic E-state index is 10.4. The summed E-state index contributed by atoms with van der Waals surface area (Å²) in [4.78, 5) is 5.83. The van der Waals surface area contributed by atoms with Crippen LogP contribution in [0.3, 0.4) is 0 Å². The van der Waals surface area contributed by atoms with E-state index in [1.54, 1.807) is 0 Å². The third-order valence-electron chi connectivity index (χ3n) is 0.238. The highest BCUT2D eigenvalue weighted by Gasteiger charge is 1.80. The second-order valence-corrected chi connectivity index (χ2v) is 0.626. The summed E-state index contributed by atoms with van der Waals surface area (Å²) < 4.78 is 20.9. The van der Waals surface area contributed by atoms with Crippen LogP contribution in [-0.2, 0) is 9.88 Å². The Morgan fingerprint density at radius 3 is 1.50 bits per heavy atom. The highest BCUT2D eigenvalue weighted by atomic mass is 19.3. The molecule has 0 aliphatic heterocycles. The molecule has 0 amide bonds. The molecule has 0 aliphatic carbocycles. The van der Waals surface area contributed by atoms with E-state index in [0.29, 0.717) is 0 Å². The predicted octanol–water partition coefficient (Wildman–Crippen LogP) is 0.789. The van der Waals surface area contributed by atoms with Crippen molar-refractivity contribution < 1.29 is 18.9 Å². The molecule has 0 unspecified atom stereocenters. The Kier molecular flexibility index (Phi) is 4.60. The fourth-order valence-electron chi connectivity index (χ4n) is 0.0630. The molecule has 0 spiro atoms. The van der Waals surface area contributed by atoms with Crippen LogP contribution in [0.1, 0.15) is 0 Å². The molecule has 0 rings (SSSR count). The fourth-order valence-corrected chi connectivity index (χ4v) is 0.0630. The predicted molar refractivity (Wildman–Crippen MR) is 14.1 cm³/mol. The van der Waals surface area contributed by atoms with Crippen LogP contribution >= 0.6 is 0 Å². The van der Waals surface area contributed by atoms with Gasteiger partial charge in [-0.15, -0.1) is 0 Å². The summed E-state index contributed by atoms with van der Waals surface area (Å²) in [6.45, 7) is -0.701. The minimum absolute atomic E-state index is 0.351. The van der Waals surface area contributed by atoms with Crippen LogP contribution < -0.4 is 0 Å². The second-order valence-electron chi connectivity index (χ2n) is 0.626. The summed E-state index contributed by atoms with van der Waals surface area (Å²) in [5.74, 6) is 0. The molecule has 0 bridgehead atoms. The van der Waals surface area contributed by atoms with E-state index in [4.69, 9.17) is 0 Å². The van der Waals surface area contributed by atoms with Gasteiger partial charge in [-0.2, -0.15) is 9.88 Å². The molecule has 38 valence electrons. The van der Waals surface area contributed by atoms with Gasteiger partial charge in [0.1, 0.15) is 13.2 Å². The van der Waals surface area contributed by atoms with Crippen molar-refractivity contribution in [1.29, 1.82) is 0 Å². The summed E-state index contributed by atoms with van der Waals surface area (Å²) in [5.41, 5.74) is 0. The van der Waals surface area contributed by atoms with E-state index in [2.05, 4.69) is 9.88 Å². The molecule has 0 radical (unpaired) electrons. The monoisotopic (exact) mass is 98.0 g/mol. The van der Waals surface area contributed by atoms with Gasteiger partial charge in [0.2, 0.25) is 0 Å². The fraction of sp³-hybridized carbons (Fsp3) is 1.00. The van der Waals surface area contributed by atoms with E-state index in [1.807, 2.05) is 0 Å². The van der Waals surface area contributed by atoms with Gasteiger partial charge in [-0.1, -0.05) is 0 Å². The summed E-state index contributed by atoms with van der Waals surface area (Å²) in [6, 6.07) is 0. The van der Waals surface area contributed by atoms with Crippen LogP contribution in [0.4, 0.5) is 9.05 Å². The minimum atomic E-state index is -0.351. The molecule has 6 heavy (non-hydrogen) atoms. The molecule has 0 fully saturated rings. The molecular formula is C2H4F2O2. The first kappa shape index (κ1) is 5.78. The Hall–Kier alpha value is -0.220. The molecule has 0 N–H and O–H groups in total. The summed E-state index contributed by atoms with van der Waals surface area (Å²) >= 11 is 0. The average molecular weight is 98.0 g/mol. The van der Waals surface area contributed by atoms with Crippen LogP contribution in [0.5, 0.6) is 0 Å². The van der Waals surface area contributed by atoms with Gasteiger partial charge in [-0.05, 0) is 9.05 Å². The largest absolute Gasteiger partial charge is 0.192 e. The summed E-state index contributed by atoms with van der Waals surface area (Å²) in [5, 5.41) is 0. The maximum atomic E-state index is 10.4. The number of hydrogen-bond acceptors (Lipinski definition) is 2. The second kappa shape index (κ2) is 4.78. The maximum Gasteiger partial charge on any atom is 0.114 e. The van der Waals surface area contributed by atoms with Crippen LogP contribution in [0.25, 0.3) is 0 Å². The first-order valence-electron chi connectivity index (χ1n) is 1.39. The molecule has 2 nitrogen and oxygen atoms in total. The third kappa shape index (κ3) is 3.78. The highest BCUT2D eigenvalue weighted by Crippen LogP contribution is 1.75. The molecule has 0 saturated carbocycles. The topological polar surface area (TPSA) is 18.5 Å². The van der Waals surface area contributed by atoms with Gasteiger partial charge in [-0.25, -0.2) is 0 Å². The van der Waals surface area contributed by atoms with Crippen molar-refractivity contribution in [1.82, 2.24) is 0 Å². The molecule has 0 aromatic carbocycles. The Bertz CT molecular complexity index is 21.5. The van der Waals surface area contributed by atoms with Crippen LogP contribution in [-0.4, -0.2) is 13.2 Å². The quantitative estimate of drug-likeness (QED) is 0.486. The average Bonchev–Trinajstić information content (AvgIpc) is 1.61. The third-order valence-corrected chi connectivity index (χ3v) is 0.238. The van der Waals surface area contributed by atoms with Crippen LogP contribution in [0.15, 0.2) is 0 Å². The summed E-state index contributed by atoms with van der Waals surface area (Å²) in [7, 11) is 0. The lowest BCUT2D eigenvalue weighted by atomic mass is 10.8. The Balaban J connectivity index is 2.34. The first-order chi connectivity index (χ1) is 2.91. The molecule has 0 aromatic heterocycles. The zero-order valence-corrected chi connectivity index (χ0v) is 2.99. The molecule has 0 atom stereocenters. The molecule has 4 heteroatoms. The van der Waals surface area contributed by atoms with Gasteiger partial charge in [0.05, 0.1) is 0 Å². The molecular weight excluding hydrogens is 94.0 g/mol. The zero-order valence-electron chi connectivity index (χ0n) is 2.99. The van der Waals surface area contributed by atoms with Crippen molar-refractivity contribution in [2.75, 3.05) is 13.2 Å². The lowest BCUT2D eigenvalue weighted by Gasteiger charge is -1.82. The molecule has 0 aliphatic rings. The van der Waals surface area contributed by atoms with Crippen LogP contribution in [0, 0.1) is 0 Å². The van der Waals surface area contributed by atoms with Crippen molar-refractivity contribution in [3.05, 3.63) is 0 Å². The van der Waals surface area contributed by atoms with Crippen molar-refractivity contribution in [3.8, 4) is 0 Å². The standard InChI is InChI=1S/C2H4F2O2/c3-5-1-2-6-4/h1-2H2. The van der Waals surface area contributed by atoms with Gasteiger partial charge in [0.15, 0.2) is 0 Å². The van der Waals surface area contributed by atoms with E-state index in [-0.39, 0.29) is 13.2 Å². The number of rotatable bonds is 3. The van der Waals surface area contributed by atoms with E-state index < -0.39 is 0 Å². The van der Waals surface area contributed by atoms with Gasteiger partial charge >= 0.3 is 0 Å². The van der Waals surface area contributed by atoms with Gasteiger partial charge < -0.3 is 0 Å². The number of hydrogen-bond donors (Lipinski definition) is 0. The van der Waals surface area contributed by atoms with Crippen molar-refractivity contribution in [2.45, 2.75) is 0 Å². The minimum Gasteiger partial charge on any atom is -0.192 e. The van der Waals surface area contributed by atoms with E-state index in [9.17, 15) is 9.05 Å². The number of halogens is 2. The van der Waals surface area contributed by atoms with E-state index >= 15 is 0 Å². The molecule has 0 heterocycles. The van der Waals surface area contributed by atoms with Crippen molar-refractivity contribution >= 4 is 0 Å². The Morgan fingerprint density at radius 2 is 1.33 bits per heavy atom. The van der Waals surface area contributed by atoms with Crippen LogP contribution in [0.2, 0.25) is 0 Å². The zero-order chi connectivity index (χ0) is 4.83. The lowest BCUT2D eigenvalue weighted by molar-refractivity contribution is -0.195. The van der Waals surface area contributed by atoms with Gasteiger partial charge in [-0.3, -0.25) is 0 Å². The van der Waals surface area contributed by atoms with E-state index in [0.717, 1.165) is 0 Å². The lowest BCUT2D eigenvalue weighted by Crippen LogP contribution is -1.91. The van der Waals surface area contributed by atoms with Crippen molar-refractivity contribution in [3.63, 3.8) is 0 Å². The highest BCUT2D eigenvalue weighted by molar-refractivity contribution is 4.12. The van der Waals surface area contributed by atoms with Gasteiger partial charge in [0.25, 0.3) is 0 Å². The van der Waals surface area contributed by atoms with E-state index in [1.165, 1.54) is 0 Å². The summed E-state index contributed by atoms with van der Waals surface area (Å²) in [6.07, 6.45) is 0.